The summed E-state index contributed by atoms with van der Waals surface area (Å²) >= 11 is 0. The predicted molar refractivity (Wildman–Crippen MR) is 266 cm³/mol. The molecule has 2 nitrogen and oxygen atoms in total. The monoisotopic (exact) mass is 802 g/mol. The Morgan fingerprint density at radius 2 is 0.905 bits per heavy atom. The van der Waals surface area contributed by atoms with Crippen LogP contribution in [0, 0.1) is 0 Å². The molecule has 296 valence electrons. The Bertz CT molecular complexity index is 3610. The Hall–Kier alpha value is -7.94. The second-order valence-corrected chi connectivity index (χ2v) is 17.7. The predicted octanol–water partition coefficient (Wildman–Crippen LogP) is 16.7. The van der Waals surface area contributed by atoms with Gasteiger partial charge in [-0.1, -0.05) is 159 Å². The average Bonchev–Trinajstić information content (AvgIpc) is 3.75. The van der Waals surface area contributed by atoms with E-state index in [2.05, 4.69) is 242 Å². The van der Waals surface area contributed by atoms with Gasteiger partial charge in [-0.05, 0) is 150 Å². The van der Waals surface area contributed by atoms with Gasteiger partial charge in [0.1, 0.15) is 0 Å². The molecule has 0 saturated heterocycles. The Kier molecular flexibility index (Phi) is 7.68. The molecule has 0 fully saturated rings. The topological polar surface area (TPSA) is 8.17 Å². The van der Waals surface area contributed by atoms with Crippen molar-refractivity contribution in [3.63, 3.8) is 0 Å². The third kappa shape index (κ3) is 5.31. The molecule has 13 rings (SSSR count). The molecule has 63 heavy (non-hydrogen) atoms. The van der Waals surface area contributed by atoms with Gasteiger partial charge in [-0.25, -0.2) is 0 Å². The number of anilines is 3. The van der Waals surface area contributed by atoms with Crippen molar-refractivity contribution in [2.75, 3.05) is 4.90 Å². The second kappa shape index (κ2) is 13.5. The molecule has 0 saturated carbocycles. The number of aromatic nitrogens is 1. The van der Waals surface area contributed by atoms with Crippen molar-refractivity contribution in [3.8, 4) is 61.3 Å². The van der Waals surface area contributed by atoms with Gasteiger partial charge < -0.3 is 9.47 Å². The third-order valence-electron chi connectivity index (χ3n) is 13.9. The Balaban J connectivity index is 0.901. The molecule has 10 aromatic carbocycles. The van der Waals surface area contributed by atoms with E-state index < -0.39 is 0 Å². The molecular weight excluding hydrogens is 761 g/mol. The summed E-state index contributed by atoms with van der Waals surface area (Å²) in [5.41, 5.74) is 22.4. The molecule has 2 aliphatic rings. The molecule has 1 heterocycles. The van der Waals surface area contributed by atoms with Crippen LogP contribution in [0.3, 0.4) is 0 Å². The van der Waals surface area contributed by atoms with Crippen LogP contribution in [0.5, 0.6) is 0 Å². The van der Waals surface area contributed by atoms with Gasteiger partial charge in [-0.15, -0.1) is 0 Å². The largest absolute Gasteiger partial charge is 0.310 e. The third-order valence-corrected chi connectivity index (χ3v) is 13.9. The normalized spacial score (nSPS) is 13.0. The molecule has 0 aliphatic heterocycles. The summed E-state index contributed by atoms with van der Waals surface area (Å²) in [7, 11) is 0. The second-order valence-electron chi connectivity index (χ2n) is 17.7. The van der Waals surface area contributed by atoms with E-state index in [-0.39, 0.29) is 5.41 Å². The van der Waals surface area contributed by atoms with E-state index in [1.54, 1.807) is 0 Å². The van der Waals surface area contributed by atoms with Crippen molar-refractivity contribution in [2.24, 2.45) is 0 Å². The minimum absolute atomic E-state index is 0.0773. The van der Waals surface area contributed by atoms with Gasteiger partial charge in [0.25, 0.3) is 0 Å². The fraction of sp³-hybridized carbons (Fsp3) is 0.0492. The van der Waals surface area contributed by atoms with Crippen molar-refractivity contribution < 1.29 is 0 Å². The van der Waals surface area contributed by atoms with Crippen LogP contribution in [0.25, 0.3) is 93.9 Å². The van der Waals surface area contributed by atoms with Crippen LogP contribution in [0.15, 0.2) is 218 Å². The van der Waals surface area contributed by atoms with Crippen LogP contribution in [0.4, 0.5) is 17.1 Å². The van der Waals surface area contributed by atoms with E-state index >= 15 is 0 Å². The van der Waals surface area contributed by atoms with Crippen LogP contribution in [-0.4, -0.2) is 4.57 Å². The van der Waals surface area contributed by atoms with E-state index in [4.69, 9.17) is 0 Å². The quantitative estimate of drug-likeness (QED) is 0.163. The van der Waals surface area contributed by atoms with Crippen molar-refractivity contribution in [3.05, 3.63) is 230 Å². The van der Waals surface area contributed by atoms with Crippen molar-refractivity contribution in [1.29, 1.82) is 0 Å². The molecule has 0 spiro atoms. The molecule has 0 bridgehead atoms. The molecule has 0 N–H and O–H groups in total. The summed E-state index contributed by atoms with van der Waals surface area (Å²) in [6.07, 6.45) is 0. The van der Waals surface area contributed by atoms with Gasteiger partial charge in [0, 0.05) is 38.9 Å². The summed E-state index contributed by atoms with van der Waals surface area (Å²) in [6, 6.07) is 80.8. The molecule has 0 unspecified atom stereocenters. The lowest BCUT2D eigenvalue weighted by molar-refractivity contribution is 0.660. The Morgan fingerprint density at radius 1 is 0.333 bits per heavy atom. The first-order valence-electron chi connectivity index (χ1n) is 22.0. The number of benzene rings is 10. The van der Waals surface area contributed by atoms with Crippen LogP contribution in [0.2, 0.25) is 0 Å². The molecule has 11 aromatic rings. The van der Waals surface area contributed by atoms with Crippen molar-refractivity contribution >= 4 is 49.6 Å². The summed E-state index contributed by atoms with van der Waals surface area (Å²) in [5.74, 6) is 0. The van der Waals surface area contributed by atoms with Gasteiger partial charge in [0.15, 0.2) is 0 Å². The zero-order chi connectivity index (χ0) is 41.8. The SMILES string of the molecule is CC1(C)c2ccccc2-c2ccc(N(c3ccccc3)c3ccc(-c4ccc(-n5c6cccc7c6c6c8c(cc(-c9ccccc9)cc8ccc65)-c5ccccc5-7)cc4)cc3)cc21. The van der Waals surface area contributed by atoms with Gasteiger partial charge in [0.05, 0.1) is 11.0 Å². The summed E-state index contributed by atoms with van der Waals surface area (Å²) in [4.78, 5) is 2.38. The van der Waals surface area contributed by atoms with Crippen LogP contribution >= 0.6 is 0 Å². The van der Waals surface area contributed by atoms with E-state index in [9.17, 15) is 0 Å². The number of rotatable bonds is 6. The first kappa shape index (κ1) is 35.8. The lowest BCUT2D eigenvalue weighted by Crippen LogP contribution is -2.16. The number of hydrogen-bond acceptors (Lipinski definition) is 1. The molecule has 2 heteroatoms. The standard InChI is InChI=1S/C61H42N2/c1-61(2)54-22-12-11-20-50(54)51-34-33-47(38-55(51)61)62(44-16-7-4-8-17-44)45-29-24-40(25-30-45)41-26-31-46(32-27-41)63-56-23-13-21-52-48-18-9-10-19-49(48)53-37-43(39-14-5-3-6-15-39)36-42-28-35-57(63)60(58(42)53)59(52)56/h3-38H,1-2H3. The van der Waals surface area contributed by atoms with Gasteiger partial charge in [-0.2, -0.15) is 0 Å². The summed E-state index contributed by atoms with van der Waals surface area (Å²) < 4.78 is 2.47. The molecule has 1 aromatic heterocycles. The van der Waals surface area contributed by atoms with Gasteiger partial charge in [-0.3, -0.25) is 0 Å². The number of nitrogens with zero attached hydrogens (tertiary/aromatic N) is 2. The maximum atomic E-state index is 2.47. The highest BCUT2D eigenvalue weighted by atomic mass is 15.1. The average molecular weight is 803 g/mol. The number of fused-ring (bicyclic) bond motifs is 6. The van der Waals surface area contributed by atoms with E-state index in [1.807, 2.05) is 0 Å². The highest BCUT2D eigenvalue weighted by molar-refractivity contribution is 6.30. The van der Waals surface area contributed by atoms with Crippen LogP contribution in [0.1, 0.15) is 25.0 Å². The summed E-state index contributed by atoms with van der Waals surface area (Å²) in [5, 5.41) is 5.22. The van der Waals surface area contributed by atoms with Crippen LogP contribution < -0.4 is 4.90 Å². The maximum absolute atomic E-state index is 2.47. The molecule has 0 atom stereocenters. The van der Waals surface area contributed by atoms with Crippen LogP contribution in [-0.2, 0) is 5.41 Å². The smallest absolute Gasteiger partial charge is 0.0547 e. The van der Waals surface area contributed by atoms with Crippen molar-refractivity contribution in [1.82, 2.24) is 4.57 Å². The fourth-order valence-corrected chi connectivity index (χ4v) is 10.9. The highest BCUT2D eigenvalue weighted by Crippen LogP contribution is 2.52. The lowest BCUT2D eigenvalue weighted by Gasteiger charge is -2.28. The molecule has 0 amide bonds. The minimum Gasteiger partial charge on any atom is -0.310 e. The number of hydrogen-bond donors (Lipinski definition) is 0. The van der Waals surface area contributed by atoms with Gasteiger partial charge in [0.2, 0.25) is 0 Å². The highest BCUT2D eigenvalue weighted by Gasteiger charge is 2.36. The zero-order valence-corrected chi connectivity index (χ0v) is 35.2. The Labute approximate surface area is 367 Å². The lowest BCUT2D eigenvalue weighted by atomic mass is 9.82. The maximum Gasteiger partial charge on any atom is 0.0547 e. The van der Waals surface area contributed by atoms with E-state index in [1.165, 1.54) is 99.3 Å². The molecule has 0 radical (unpaired) electrons. The summed E-state index contributed by atoms with van der Waals surface area (Å²) in [6.45, 7) is 4.70. The number of para-hydroxylation sites is 1. The van der Waals surface area contributed by atoms with Gasteiger partial charge >= 0.3 is 0 Å². The van der Waals surface area contributed by atoms with Crippen molar-refractivity contribution in [2.45, 2.75) is 19.3 Å². The first-order valence-corrected chi connectivity index (χ1v) is 22.0. The van der Waals surface area contributed by atoms with E-state index in [0.717, 1.165) is 22.7 Å². The Morgan fingerprint density at radius 3 is 1.67 bits per heavy atom. The first-order chi connectivity index (χ1) is 31.0. The minimum atomic E-state index is -0.0773. The van der Waals surface area contributed by atoms with E-state index in [0.29, 0.717) is 0 Å². The fourth-order valence-electron chi connectivity index (χ4n) is 10.9. The molecular formula is C61H42N2. The molecule has 2 aliphatic carbocycles. The zero-order valence-electron chi connectivity index (χ0n) is 35.2.